The van der Waals surface area contributed by atoms with Crippen molar-refractivity contribution in [3.8, 4) is 6.07 Å². The Morgan fingerprint density at radius 3 is 2.60 bits per heavy atom. The molecule has 1 aromatic heterocycles. The minimum absolute atomic E-state index is 0.0657. The lowest BCUT2D eigenvalue weighted by Gasteiger charge is -2.08. The van der Waals surface area contributed by atoms with Gasteiger partial charge >= 0.3 is 0 Å². The molecule has 82 valence electrons. The zero-order valence-electron chi connectivity index (χ0n) is 9.83. The van der Waals surface area contributed by atoms with Crippen molar-refractivity contribution in [1.82, 2.24) is 15.1 Å². The molecule has 0 aliphatic heterocycles. The van der Waals surface area contributed by atoms with Gasteiger partial charge in [0.15, 0.2) is 0 Å². The summed E-state index contributed by atoms with van der Waals surface area (Å²) in [7, 11) is 1.94. The van der Waals surface area contributed by atoms with Gasteiger partial charge in [-0.25, -0.2) is 0 Å². The molecule has 0 spiro atoms. The third kappa shape index (κ3) is 2.57. The SMILES string of the molecule is CCC(C#N)NCc1c(C)nn(C)c1C. The molecule has 0 bridgehead atoms. The Balaban J connectivity index is 2.69. The summed E-state index contributed by atoms with van der Waals surface area (Å²) in [6.45, 7) is 6.77. The fourth-order valence-electron chi connectivity index (χ4n) is 1.58. The van der Waals surface area contributed by atoms with Crippen molar-refractivity contribution in [1.29, 1.82) is 5.26 Å². The number of nitrogens with one attached hydrogen (secondary N) is 1. The van der Waals surface area contributed by atoms with Gasteiger partial charge in [0.2, 0.25) is 0 Å². The second-order valence-electron chi connectivity index (χ2n) is 3.74. The first kappa shape index (κ1) is 11.7. The highest BCUT2D eigenvalue weighted by Gasteiger charge is 2.10. The summed E-state index contributed by atoms with van der Waals surface area (Å²) < 4.78 is 1.87. The molecule has 1 N–H and O–H groups in total. The molecule has 0 fully saturated rings. The van der Waals surface area contributed by atoms with Crippen LogP contribution in [-0.4, -0.2) is 15.8 Å². The fourth-order valence-corrected chi connectivity index (χ4v) is 1.58. The fraction of sp³-hybridized carbons (Fsp3) is 0.636. The normalized spacial score (nSPS) is 12.5. The molecule has 4 heteroatoms. The van der Waals surface area contributed by atoms with Crippen LogP contribution in [0.5, 0.6) is 0 Å². The van der Waals surface area contributed by atoms with Crippen LogP contribution in [0, 0.1) is 25.2 Å². The van der Waals surface area contributed by atoms with Crippen LogP contribution in [0.15, 0.2) is 0 Å². The van der Waals surface area contributed by atoms with Crippen LogP contribution >= 0.6 is 0 Å². The molecule has 15 heavy (non-hydrogen) atoms. The Hall–Kier alpha value is -1.34. The van der Waals surface area contributed by atoms with Crippen molar-refractivity contribution in [3.05, 3.63) is 17.0 Å². The lowest BCUT2D eigenvalue weighted by atomic mass is 10.1. The van der Waals surface area contributed by atoms with Gasteiger partial charge < -0.3 is 0 Å². The average molecular weight is 206 g/mol. The van der Waals surface area contributed by atoms with E-state index in [1.807, 2.05) is 32.5 Å². The number of nitriles is 1. The van der Waals surface area contributed by atoms with E-state index in [0.29, 0.717) is 0 Å². The summed E-state index contributed by atoms with van der Waals surface area (Å²) in [5, 5.41) is 16.4. The van der Waals surface area contributed by atoms with Crippen LogP contribution in [0.4, 0.5) is 0 Å². The standard InChI is InChI=1S/C11H18N4/c1-5-10(6-12)13-7-11-8(2)14-15(4)9(11)3/h10,13H,5,7H2,1-4H3. The highest BCUT2D eigenvalue weighted by atomic mass is 15.3. The van der Waals surface area contributed by atoms with Crippen molar-refractivity contribution >= 4 is 0 Å². The zero-order valence-corrected chi connectivity index (χ0v) is 9.83. The smallest absolute Gasteiger partial charge is 0.0952 e. The van der Waals surface area contributed by atoms with Gasteiger partial charge in [-0.3, -0.25) is 10.00 Å². The van der Waals surface area contributed by atoms with E-state index in [-0.39, 0.29) is 6.04 Å². The molecule has 0 saturated carbocycles. The van der Waals surface area contributed by atoms with Crippen LogP contribution in [-0.2, 0) is 13.6 Å². The number of hydrogen-bond donors (Lipinski definition) is 1. The van der Waals surface area contributed by atoms with E-state index in [0.717, 1.165) is 24.4 Å². The Kier molecular flexibility index (Phi) is 3.87. The molecule has 4 nitrogen and oxygen atoms in total. The largest absolute Gasteiger partial charge is 0.298 e. The molecule has 0 saturated heterocycles. The Morgan fingerprint density at radius 2 is 2.20 bits per heavy atom. The molecule has 1 unspecified atom stereocenters. The molecule has 1 atom stereocenters. The molecular formula is C11H18N4. The first-order chi connectivity index (χ1) is 7.10. The third-order valence-corrected chi connectivity index (χ3v) is 2.75. The van der Waals surface area contributed by atoms with Crippen molar-refractivity contribution in [2.24, 2.45) is 7.05 Å². The van der Waals surface area contributed by atoms with Crippen LogP contribution < -0.4 is 5.32 Å². The molecule has 0 radical (unpaired) electrons. The Bertz CT molecular complexity index is 373. The van der Waals surface area contributed by atoms with Gasteiger partial charge in [-0.05, 0) is 20.3 Å². The quantitative estimate of drug-likeness (QED) is 0.810. The third-order valence-electron chi connectivity index (χ3n) is 2.75. The van der Waals surface area contributed by atoms with E-state index >= 15 is 0 Å². The first-order valence-corrected chi connectivity index (χ1v) is 5.22. The summed E-state index contributed by atoms with van der Waals surface area (Å²) in [6, 6.07) is 2.16. The van der Waals surface area contributed by atoms with Gasteiger partial charge in [-0.15, -0.1) is 0 Å². The monoisotopic (exact) mass is 206 g/mol. The summed E-state index contributed by atoms with van der Waals surface area (Å²) in [5.41, 5.74) is 3.40. The summed E-state index contributed by atoms with van der Waals surface area (Å²) in [4.78, 5) is 0. The highest BCUT2D eigenvalue weighted by Crippen LogP contribution is 2.11. The number of aromatic nitrogens is 2. The van der Waals surface area contributed by atoms with Crippen molar-refractivity contribution < 1.29 is 0 Å². The molecule has 0 amide bonds. The average Bonchev–Trinajstić information content (AvgIpc) is 2.45. The van der Waals surface area contributed by atoms with Gasteiger partial charge in [0.1, 0.15) is 0 Å². The molecule has 1 heterocycles. The van der Waals surface area contributed by atoms with E-state index in [4.69, 9.17) is 5.26 Å². The van der Waals surface area contributed by atoms with Crippen LogP contribution in [0.3, 0.4) is 0 Å². The minimum Gasteiger partial charge on any atom is -0.298 e. The maximum atomic E-state index is 8.81. The molecular weight excluding hydrogens is 188 g/mol. The summed E-state index contributed by atoms with van der Waals surface area (Å²) in [6.07, 6.45) is 0.828. The van der Waals surface area contributed by atoms with Crippen LogP contribution in [0.25, 0.3) is 0 Å². The highest BCUT2D eigenvalue weighted by molar-refractivity contribution is 5.24. The predicted molar refractivity (Wildman–Crippen MR) is 59.2 cm³/mol. The number of aryl methyl sites for hydroxylation is 2. The Labute approximate surface area is 90.9 Å². The molecule has 1 rings (SSSR count). The van der Waals surface area contributed by atoms with Crippen molar-refractivity contribution in [3.63, 3.8) is 0 Å². The topological polar surface area (TPSA) is 53.6 Å². The van der Waals surface area contributed by atoms with Crippen LogP contribution in [0.1, 0.15) is 30.3 Å². The zero-order chi connectivity index (χ0) is 11.4. The first-order valence-electron chi connectivity index (χ1n) is 5.22. The van der Waals surface area contributed by atoms with E-state index in [1.165, 1.54) is 5.56 Å². The second kappa shape index (κ2) is 4.94. The molecule has 0 aromatic carbocycles. The van der Waals surface area contributed by atoms with E-state index in [2.05, 4.69) is 16.5 Å². The van der Waals surface area contributed by atoms with Crippen molar-refractivity contribution in [2.75, 3.05) is 0 Å². The van der Waals surface area contributed by atoms with E-state index in [9.17, 15) is 0 Å². The van der Waals surface area contributed by atoms with Gasteiger partial charge in [0, 0.05) is 24.8 Å². The van der Waals surface area contributed by atoms with Crippen LogP contribution in [0.2, 0.25) is 0 Å². The van der Waals surface area contributed by atoms with Gasteiger partial charge in [0.25, 0.3) is 0 Å². The Morgan fingerprint density at radius 1 is 1.53 bits per heavy atom. The lowest BCUT2D eigenvalue weighted by molar-refractivity contribution is 0.584. The summed E-state index contributed by atoms with van der Waals surface area (Å²) >= 11 is 0. The van der Waals surface area contributed by atoms with Gasteiger partial charge in [-0.2, -0.15) is 10.4 Å². The number of rotatable bonds is 4. The molecule has 0 aliphatic rings. The maximum absolute atomic E-state index is 8.81. The summed E-state index contributed by atoms with van der Waals surface area (Å²) in [5.74, 6) is 0. The van der Waals surface area contributed by atoms with E-state index < -0.39 is 0 Å². The minimum atomic E-state index is -0.0657. The van der Waals surface area contributed by atoms with Gasteiger partial charge in [0.05, 0.1) is 17.8 Å². The number of nitrogens with zero attached hydrogens (tertiary/aromatic N) is 3. The van der Waals surface area contributed by atoms with Crippen molar-refractivity contribution in [2.45, 2.75) is 39.8 Å². The number of hydrogen-bond acceptors (Lipinski definition) is 3. The lowest BCUT2D eigenvalue weighted by Crippen LogP contribution is -2.26. The molecule has 0 aliphatic carbocycles. The second-order valence-corrected chi connectivity index (χ2v) is 3.74. The molecule has 1 aromatic rings. The van der Waals surface area contributed by atoms with Gasteiger partial charge in [-0.1, -0.05) is 6.92 Å². The maximum Gasteiger partial charge on any atom is 0.0952 e. The van der Waals surface area contributed by atoms with E-state index in [1.54, 1.807) is 0 Å². The predicted octanol–water partition coefficient (Wildman–Crippen LogP) is 1.43.